The Kier molecular flexibility index (Phi) is 5.61. The van der Waals surface area contributed by atoms with E-state index in [1.165, 1.54) is 30.2 Å². The van der Waals surface area contributed by atoms with Gasteiger partial charge in [0.2, 0.25) is 0 Å². The van der Waals surface area contributed by atoms with E-state index < -0.39 is 17.7 Å². The number of phenols is 1. The molecule has 0 aliphatic carbocycles. The van der Waals surface area contributed by atoms with Gasteiger partial charge in [-0.25, -0.2) is 0 Å². The molecule has 1 unspecified atom stereocenters. The third-order valence-electron chi connectivity index (χ3n) is 4.64. The third kappa shape index (κ3) is 3.43. The molecule has 2 aromatic carbocycles. The summed E-state index contributed by atoms with van der Waals surface area (Å²) < 4.78 is 5.11. The molecule has 0 radical (unpaired) electrons. The summed E-state index contributed by atoms with van der Waals surface area (Å²) in [6.45, 7) is 2.26. The number of ether oxygens (including phenoxy) is 1. The number of likely N-dealkylation sites (tertiary alicyclic amines) is 1. The summed E-state index contributed by atoms with van der Waals surface area (Å²) in [6, 6.07) is 10.1. The molecule has 146 valence electrons. The Morgan fingerprint density at radius 3 is 2.43 bits per heavy atom. The highest BCUT2D eigenvalue weighted by atomic mass is 35.5. The van der Waals surface area contributed by atoms with E-state index in [-0.39, 0.29) is 22.1 Å². The van der Waals surface area contributed by atoms with E-state index in [4.69, 9.17) is 16.3 Å². The lowest BCUT2D eigenvalue weighted by Gasteiger charge is -2.24. The highest BCUT2D eigenvalue weighted by Gasteiger charge is 2.45. The molecular weight excluding hydrogens is 382 g/mol. The van der Waals surface area contributed by atoms with Crippen molar-refractivity contribution in [3.8, 4) is 11.5 Å². The molecule has 3 rings (SSSR count). The molecule has 1 aliphatic rings. The number of nitrogens with zero attached hydrogens (tertiary/aromatic N) is 1. The monoisotopic (exact) mass is 401 g/mol. The highest BCUT2D eigenvalue weighted by molar-refractivity contribution is 6.46. The number of benzene rings is 2. The SMILES string of the molecule is CCCN1C(=O)C(=O)/C(=C(\O)c2ccc(OC)c(Cl)c2)C1c1ccc(O)cc1. The van der Waals surface area contributed by atoms with Gasteiger partial charge in [0.05, 0.1) is 23.7 Å². The van der Waals surface area contributed by atoms with Gasteiger partial charge >= 0.3 is 0 Å². The minimum atomic E-state index is -0.754. The van der Waals surface area contributed by atoms with E-state index in [0.29, 0.717) is 29.8 Å². The first kappa shape index (κ1) is 19.8. The quantitative estimate of drug-likeness (QED) is 0.451. The van der Waals surface area contributed by atoms with Crippen LogP contribution < -0.4 is 4.74 Å². The zero-order chi connectivity index (χ0) is 20.4. The van der Waals surface area contributed by atoms with Crippen LogP contribution in [0.5, 0.6) is 11.5 Å². The number of ketones is 1. The minimum Gasteiger partial charge on any atom is -0.508 e. The van der Waals surface area contributed by atoms with Gasteiger partial charge in [0.15, 0.2) is 0 Å². The molecule has 1 fully saturated rings. The van der Waals surface area contributed by atoms with Crippen LogP contribution in [0.3, 0.4) is 0 Å². The molecule has 0 bridgehead atoms. The number of phenolic OH excluding ortho intramolecular Hbond substituents is 1. The number of hydrogen-bond donors (Lipinski definition) is 2. The van der Waals surface area contributed by atoms with Crippen molar-refractivity contribution in [2.45, 2.75) is 19.4 Å². The van der Waals surface area contributed by atoms with Gasteiger partial charge in [-0.15, -0.1) is 0 Å². The van der Waals surface area contributed by atoms with E-state index in [0.717, 1.165) is 0 Å². The molecule has 0 aromatic heterocycles. The maximum Gasteiger partial charge on any atom is 0.295 e. The first-order valence-corrected chi connectivity index (χ1v) is 9.18. The molecule has 0 spiro atoms. The van der Waals surface area contributed by atoms with E-state index in [9.17, 15) is 19.8 Å². The summed E-state index contributed by atoms with van der Waals surface area (Å²) in [5.41, 5.74) is 0.918. The molecule has 1 heterocycles. The predicted octanol–water partition coefficient (Wildman–Crippen LogP) is 3.89. The van der Waals surface area contributed by atoms with Gasteiger partial charge in [0.1, 0.15) is 17.3 Å². The van der Waals surface area contributed by atoms with Crippen LogP contribution in [0, 0.1) is 0 Å². The first-order valence-electron chi connectivity index (χ1n) is 8.80. The topological polar surface area (TPSA) is 87.1 Å². The number of aliphatic hydroxyl groups excluding tert-OH is 1. The normalized spacial score (nSPS) is 18.5. The summed E-state index contributed by atoms with van der Waals surface area (Å²) in [5, 5.41) is 20.7. The van der Waals surface area contributed by atoms with Gasteiger partial charge in [-0.3, -0.25) is 9.59 Å². The van der Waals surface area contributed by atoms with Gasteiger partial charge in [-0.05, 0) is 42.3 Å². The van der Waals surface area contributed by atoms with Crippen LogP contribution in [0.25, 0.3) is 5.76 Å². The van der Waals surface area contributed by atoms with Gasteiger partial charge < -0.3 is 19.8 Å². The Bertz CT molecular complexity index is 952. The number of amides is 1. The second-order valence-corrected chi connectivity index (χ2v) is 6.84. The molecular formula is C21H20ClNO5. The Morgan fingerprint density at radius 1 is 1.18 bits per heavy atom. The first-order chi connectivity index (χ1) is 13.4. The lowest BCUT2D eigenvalue weighted by atomic mass is 9.95. The molecule has 2 aromatic rings. The van der Waals surface area contributed by atoms with Gasteiger partial charge in [-0.1, -0.05) is 30.7 Å². The van der Waals surface area contributed by atoms with Crippen LogP contribution in [-0.4, -0.2) is 40.5 Å². The zero-order valence-electron chi connectivity index (χ0n) is 15.5. The Labute approximate surface area is 167 Å². The fourth-order valence-electron chi connectivity index (χ4n) is 3.32. The summed E-state index contributed by atoms with van der Waals surface area (Å²) >= 11 is 6.15. The third-order valence-corrected chi connectivity index (χ3v) is 4.93. The second-order valence-electron chi connectivity index (χ2n) is 6.43. The van der Waals surface area contributed by atoms with Crippen molar-refractivity contribution < 1.29 is 24.5 Å². The molecule has 6 nitrogen and oxygen atoms in total. The van der Waals surface area contributed by atoms with E-state index in [2.05, 4.69) is 0 Å². The molecule has 0 saturated carbocycles. The van der Waals surface area contributed by atoms with Crippen LogP contribution in [0.15, 0.2) is 48.0 Å². The van der Waals surface area contributed by atoms with E-state index in [1.807, 2.05) is 6.92 Å². The number of methoxy groups -OCH3 is 1. The lowest BCUT2D eigenvalue weighted by molar-refractivity contribution is -0.139. The molecule has 28 heavy (non-hydrogen) atoms. The van der Waals surface area contributed by atoms with Crippen molar-refractivity contribution >= 4 is 29.1 Å². The van der Waals surface area contributed by atoms with Crippen molar-refractivity contribution in [3.05, 3.63) is 64.2 Å². The Hall–Kier alpha value is -2.99. The summed E-state index contributed by atoms with van der Waals surface area (Å²) in [5.74, 6) is -1.23. The van der Waals surface area contributed by atoms with Crippen LogP contribution in [0.2, 0.25) is 5.02 Å². The van der Waals surface area contributed by atoms with Crippen LogP contribution in [0.1, 0.15) is 30.5 Å². The van der Waals surface area contributed by atoms with Crippen LogP contribution in [-0.2, 0) is 9.59 Å². The summed E-state index contributed by atoms with van der Waals surface area (Å²) in [4.78, 5) is 26.8. The molecule has 1 aliphatic heterocycles. The molecule has 7 heteroatoms. The molecule has 1 atom stereocenters. The summed E-state index contributed by atoms with van der Waals surface area (Å²) in [7, 11) is 1.47. The number of halogens is 1. The van der Waals surface area contributed by atoms with E-state index >= 15 is 0 Å². The van der Waals surface area contributed by atoms with Gasteiger partial charge in [0.25, 0.3) is 11.7 Å². The maximum absolute atomic E-state index is 12.7. The average Bonchev–Trinajstić information content (AvgIpc) is 2.93. The number of carbonyl (C=O) groups is 2. The Morgan fingerprint density at radius 2 is 1.86 bits per heavy atom. The van der Waals surface area contributed by atoms with Crippen molar-refractivity contribution in [2.24, 2.45) is 0 Å². The number of hydrogen-bond acceptors (Lipinski definition) is 5. The number of aliphatic hydroxyl groups is 1. The number of rotatable bonds is 5. The fraction of sp³-hybridized carbons (Fsp3) is 0.238. The van der Waals surface area contributed by atoms with Crippen molar-refractivity contribution in [3.63, 3.8) is 0 Å². The largest absolute Gasteiger partial charge is 0.508 e. The zero-order valence-corrected chi connectivity index (χ0v) is 16.2. The van der Waals surface area contributed by atoms with Crippen molar-refractivity contribution in [1.29, 1.82) is 0 Å². The smallest absolute Gasteiger partial charge is 0.295 e. The van der Waals surface area contributed by atoms with Crippen LogP contribution >= 0.6 is 11.6 Å². The van der Waals surface area contributed by atoms with Crippen molar-refractivity contribution in [1.82, 2.24) is 4.90 Å². The van der Waals surface area contributed by atoms with Crippen molar-refractivity contribution in [2.75, 3.05) is 13.7 Å². The minimum absolute atomic E-state index is 0.00891. The van der Waals surface area contributed by atoms with E-state index in [1.54, 1.807) is 24.3 Å². The molecule has 2 N–H and O–H groups in total. The highest BCUT2D eigenvalue weighted by Crippen LogP contribution is 2.40. The maximum atomic E-state index is 12.7. The standard InChI is InChI=1S/C21H20ClNO5/c1-3-10-23-18(12-4-7-14(24)8-5-12)17(20(26)21(23)27)19(25)13-6-9-16(28-2)15(22)11-13/h4-9,11,18,24-25H,3,10H2,1-2H3/b19-17-. The fourth-order valence-corrected chi connectivity index (χ4v) is 3.58. The predicted molar refractivity (Wildman–Crippen MR) is 105 cm³/mol. The molecule has 1 saturated heterocycles. The second kappa shape index (κ2) is 7.94. The average molecular weight is 402 g/mol. The number of Topliss-reactive ketones (excluding diaryl/α,β-unsaturated/α-hetero) is 1. The molecule has 1 amide bonds. The van der Waals surface area contributed by atoms with Gasteiger partial charge in [0, 0.05) is 12.1 Å². The Balaban J connectivity index is 2.17. The summed E-state index contributed by atoms with van der Waals surface area (Å²) in [6.07, 6.45) is 0.649. The number of aromatic hydroxyl groups is 1. The lowest BCUT2D eigenvalue weighted by Crippen LogP contribution is -2.30. The number of carbonyl (C=O) groups excluding carboxylic acids is 2. The van der Waals surface area contributed by atoms with Gasteiger partial charge in [-0.2, -0.15) is 0 Å². The van der Waals surface area contributed by atoms with Crippen LogP contribution in [0.4, 0.5) is 0 Å².